The van der Waals surface area contributed by atoms with Crippen molar-refractivity contribution in [2.75, 3.05) is 13.2 Å². The van der Waals surface area contributed by atoms with Gasteiger partial charge in [0.25, 0.3) is 0 Å². The van der Waals surface area contributed by atoms with Gasteiger partial charge in [0.1, 0.15) is 0 Å². The second-order valence-corrected chi connectivity index (χ2v) is 4.86. The molecule has 1 heterocycles. The topological polar surface area (TPSA) is 21.3 Å². The third-order valence-electron chi connectivity index (χ3n) is 3.49. The molecule has 1 aromatic rings. The Balaban J connectivity index is 1.67. The van der Waals surface area contributed by atoms with Crippen molar-refractivity contribution < 1.29 is 4.74 Å². The number of ether oxygens (including phenoxy) is 1. The monoisotopic (exact) mass is 233 g/mol. The van der Waals surface area contributed by atoms with Crippen molar-refractivity contribution in [1.29, 1.82) is 0 Å². The van der Waals surface area contributed by atoms with E-state index in [-0.39, 0.29) is 0 Å². The molecule has 0 amide bonds. The van der Waals surface area contributed by atoms with Gasteiger partial charge in [0, 0.05) is 12.6 Å². The summed E-state index contributed by atoms with van der Waals surface area (Å²) in [7, 11) is 0. The van der Waals surface area contributed by atoms with E-state index in [1.54, 1.807) is 0 Å². The maximum absolute atomic E-state index is 5.73. The van der Waals surface area contributed by atoms with Crippen molar-refractivity contribution in [3.8, 4) is 0 Å². The van der Waals surface area contributed by atoms with Gasteiger partial charge in [-0.3, -0.25) is 0 Å². The smallest absolute Gasteiger partial charge is 0.0587 e. The Morgan fingerprint density at radius 2 is 2.12 bits per heavy atom. The third-order valence-corrected chi connectivity index (χ3v) is 3.49. The number of rotatable bonds is 5. The van der Waals surface area contributed by atoms with Crippen molar-refractivity contribution in [2.24, 2.45) is 0 Å². The number of benzene rings is 1. The second kappa shape index (κ2) is 6.77. The highest BCUT2D eigenvalue weighted by Gasteiger charge is 2.13. The van der Waals surface area contributed by atoms with E-state index >= 15 is 0 Å². The van der Waals surface area contributed by atoms with Crippen molar-refractivity contribution in [3.05, 3.63) is 35.9 Å². The van der Waals surface area contributed by atoms with Crippen LogP contribution in [0.5, 0.6) is 0 Å². The third kappa shape index (κ3) is 4.14. The maximum Gasteiger partial charge on any atom is 0.0587 e. The lowest BCUT2D eigenvalue weighted by Crippen LogP contribution is -2.26. The van der Waals surface area contributed by atoms with E-state index in [1.807, 2.05) is 0 Å². The Labute approximate surface area is 104 Å². The van der Waals surface area contributed by atoms with Crippen LogP contribution in [-0.4, -0.2) is 19.3 Å². The van der Waals surface area contributed by atoms with Crippen LogP contribution >= 0.6 is 0 Å². The standard InChI is InChI=1S/C15H23NO/c1-13(14-7-3-2-4-8-14)16-11-10-15-9-5-6-12-17-15/h2-4,7-8,13,15-16H,5-6,9-12H2,1H3. The van der Waals surface area contributed by atoms with Crippen molar-refractivity contribution in [1.82, 2.24) is 5.32 Å². The molecular formula is C15H23NO. The summed E-state index contributed by atoms with van der Waals surface area (Å²) in [6, 6.07) is 11.0. The van der Waals surface area contributed by atoms with Gasteiger partial charge in [0.05, 0.1) is 6.10 Å². The second-order valence-electron chi connectivity index (χ2n) is 4.86. The molecule has 2 atom stereocenters. The maximum atomic E-state index is 5.73. The Hall–Kier alpha value is -0.860. The molecule has 0 bridgehead atoms. The van der Waals surface area contributed by atoms with Gasteiger partial charge >= 0.3 is 0 Å². The van der Waals surface area contributed by atoms with Gasteiger partial charge in [0.2, 0.25) is 0 Å². The summed E-state index contributed by atoms with van der Waals surface area (Å²) in [5.41, 5.74) is 1.36. The lowest BCUT2D eigenvalue weighted by Gasteiger charge is -2.23. The quantitative estimate of drug-likeness (QED) is 0.842. The molecule has 1 aliphatic rings. The van der Waals surface area contributed by atoms with Crippen LogP contribution in [-0.2, 0) is 4.74 Å². The largest absolute Gasteiger partial charge is 0.378 e. The Bertz CT molecular complexity index is 306. The number of hydrogen-bond acceptors (Lipinski definition) is 2. The van der Waals surface area contributed by atoms with Gasteiger partial charge in [0.15, 0.2) is 0 Å². The fourth-order valence-electron chi connectivity index (χ4n) is 2.36. The zero-order chi connectivity index (χ0) is 11.9. The van der Waals surface area contributed by atoms with Crippen molar-refractivity contribution in [2.45, 2.75) is 44.8 Å². The summed E-state index contributed by atoms with van der Waals surface area (Å²) >= 11 is 0. The first-order chi connectivity index (χ1) is 8.36. The van der Waals surface area contributed by atoms with Crippen LogP contribution in [0.15, 0.2) is 30.3 Å². The normalized spacial score (nSPS) is 22.3. The minimum absolute atomic E-state index is 0.430. The predicted octanol–water partition coefficient (Wildman–Crippen LogP) is 3.30. The van der Waals surface area contributed by atoms with E-state index in [0.717, 1.165) is 19.6 Å². The van der Waals surface area contributed by atoms with E-state index in [4.69, 9.17) is 4.74 Å². The molecule has 0 aliphatic carbocycles. The van der Waals surface area contributed by atoms with Crippen LogP contribution in [0.4, 0.5) is 0 Å². The molecule has 0 aromatic heterocycles. The highest BCUT2D eigenvalue weighted by molar-refractivity contribution is 5.17. The molecule has 1 N–H and O–H groups in total. The molecule has 2 nitrogen and oxygen atoms in total. The van der Waals surface area contributed by atoms with Gasteiger partial charge < -0.3 is 10.1 Å². The molecule has 1 saturated heterocycles. The Morgan fingerprint density at radius 1 is 1.29 bits per heavy atom. The van der Waals surface area contributed by atoms with Gasteiger partial charge in [-0.25, -0.2) is 0 Å². The molecule has 0 radical (unpaired) electrons. The van der Waals surface area contributed by atoms with Gasteiger partial charge in [-0.1, -0.05) is 30.3 Å². The van der Waals surface area contributed by atoms with Crippen LogP contribution < -0.4 is 5.32 Å². The fourth-order valence-corrected chi connectivity index (χ4v) is 2.36. The van der Waals surface area contributed by atoms with Crippen molar-refractivity contribution in [3.63, 3.8) is 0 Å². The molecular weight excluding hydrogens is 210 g/mol. The molecule has 2 heteroatoms. The van der Waals surface area contributed by atoms with E-state index in [2.05, 4.69) is 42.6 Å². The predicted molar refractivity (Wildman–Crippen MR) is 71.1 cm³/mol. The molecule has 2 unspecified atom stereocenters. The van der Waals surface area contributed by atoms with Gasteiger partial charge in [-0.05, 0) is 44.7 Å². The van der Waals surface area contributed by atoms with Crippen LogP contribution in [0.2, 0.25) is 0 Å². The first-order valence-corrected chi connectivity index (χ1v) is 6.76. The van der Waals surface area contributed by atoms with E-state index in [9.17, 15) is 0 Å². The Kier molecular flexibility index (Phi) is 5.02. The highest BCUT2D eigenvalue weighted by atomic mass is 16.5. The molecule has 94 valence electrons. The number of hydrogen-bond donors (Lipinski definition) is 1. The average Bonchev–Trinajstić information content (AvgIpc) is 2.41. The first-order valence-electron chi connectivity index (χ1n) is 6.76. The number of nitrogens with one attached hydrogen (secondary N) is 1. The molecule has 1 aliphatic heterocycles. The molecule has 1 fully saturated rings. The van der Waals surface area contributed by atoms with E-state index in [1.165, 1.54) is 24.8 Å². The Morgan fingerprint density at radius 3 is 2.82 bits per heavy atom. The van der Waals surface area contributed by atoms with Crippen LogP contribution in [0.1, 0.15) is 44.2 Å². The van der Waals surface area contributed by atoms with Crippen molar-refractivity contribution >= 4 is 0 Å². The van der Waals surface area contributed by atoms with Gasteiger partial charge in [-0.2, -0.15) is 0 Å². The summed E-state index contributed by atoms with van der Waals surface area (Å²) < 4.78 is 5.73. The lowest BCUT2D eigenvalue weighted by molar-refractivity contribution is 0.0112. The van der Waals surface area contributed by atoms with Gasteiger partial charge in [-0.15, -0.1) is 0 Å². The first kappa shape index (κ1) is 12.6. The highest BCUT2D eigenvalue weighted by Crippen LogP contribution is 2.16. The average molecular weight is 233 g/mol. The zero-order valence-corrected chi connectivity index (χ0v) is 10.7. The van der Waals surface area contributed by atoms with Crippen LogP contribution in [0.25, 0.3) is 0 Å². The zero-order valence-electron chi connectivity index (χ0n) is 10.7. The fraction of sp³-hybridized carbons (Fsp3) is 0.600. The molecule has 17 heavy (non-hydrogen) atoms. The SMILES string of the molecule is CC(NCCC1CCCCO1)c1ccccc1. The lowest BCUT2D eigenvalue weighted by atomic mass is 10.1. The van der Waals surface area contributed by atoms with E-state index < -0.39 is 0 Å². The summed E-state index contributed by atoms with van der Waals surface area (Å²) in [6.45, 7) is 4.22. The summed E-state index contributed by atoms with van der Waals surface area (Å²) in [5.74, 6) is 0. The molecule has 0 saturated carbocycles. The minimum Gasteiger partial charge on any atom is -0.378 e. The molecule has 0 spiro atoms. The minimum atomic E-state index is 0.430. The van der Waals surface area contributed by atoms with Crippen LogP contribution in [0.3, 0.4) is 0 Å². The van der Waals surface area contributed by atoms with Crippen LogP contribution in [0, 0.1) is 0 Å². The summed E-state index contributed by atoms with van der Waals surface area (Å²) in [6.07, 6.45) is 5.43. The molecule has 2 rings (SSSR count). The molecule has 1 aromatic carbocycles. The summed E-state index contributed by atoms with van der Waals surface area (Å²) in [5, 5.41) is 3.57. The summed E-state index contributed by atoms with van der Waals surface area (Å²) in [4.78, 5) is 0. The van der Waals surface area contributed by atoms with E-state index in [0.29, 0.717) is 12.1 Å².